The molecule has 14 heavy (non-hydrogen) atoms. The van der Waals surface area contributed by atoms with E-state index in [4.69, 9.17) is 5.11 Å². The summed E-state index contributed by atoms with van der Waals surface area (Å²) >= 11 is 0. The zero-order valence-electron chi connectivity index (χ0n) is 7.54. The SMILES string of the molecule is O=C(NCCOCC(F)F)OCCO. The van der Waals surface area contributed by atoms with E-state index in [2.05, 4.69) is 14.8 Å². The van der Waals surface area contributed by atoms with Crippen molar-refractivity contribution >= 4 is 6.09 Å². The Bertz CT molecular complexity index is 157. The van der Waals surface area contributed by atoms with Crippen molar-refractivity contribution in [3.05, 3.63) is 0 Å². The molecular weight excluding hydrogens is 200 g/mol. The molecule has 0 saturated carbocycles. The molecule has 2 N–H and O–H groups in total. The summed E-state index contributed by atoms with van der Waals surface area (Å²) < 4.78 is 31.9. The van der Waals surface area contributed by atoms with Gasteiger partial charge in [-0.1, -0.05) is 0 Å². The van der Waals surface area contributed by atoms with Gasteiger partial charge >= 0.3 is 6.09 Å². The first kappa shape index (κ1) is 13.1. The van der Waals surface area contributed by atoms with E-state index in [0.717, 1.165) is 0 Å². The van der Waals surface area contributed by atoms with Crippen molar-refractivity contribution < 1.29 is 28.2 Å². The van der Waals surface area contributed by atoms with Crippen LogP contribution in [0.15, 0.2) is 0 Å². The summed E-state index contributed by atoms with van der Waals surface area (Å²) in [5, 5.41) is 10.5. The van der Waals surface area contributed by atoms with Crippen LogP contribution in [0.1, 0.15) is 0 Å². The average Bonchev–Trinajstić information content (AvgIpc) is 2.13. The van der Waals surface area contributed by atoms with Crippen LogP contribution in [-0.2, 0) is 9.47 Å². The molecule has 84 valence electrons. The molecule has 0 bridgehead atoms. The molecule has 0 heterocycles. The van der Waals surface area contributed by atoms with Gasteiger partial charge in [0.1, 0.15) is 13.2 Å². The Labute approximate surface area is 80.0 Å². The summed E-state index contributed by atoms with van der Waals surface area (Å²) in [5.74, 6) is 0. The highest BCUT2D eigenvalue weighted by Gasteiger charge is 2.02. The van der Waals surface area contributed by atoms with E-state index < -0.39 is 19.1 Å². The molecule has 0 aliphatic carbocycles. The number of rotatable bonds is 7. The normalized spacial score (nSPS) is 10.3. The molecule has 0 aromatic rings. The molecule has 0 aliphatic heterocycles. The molecule has 0 aromatic carbocycles. The molecule has 0 saturated heterocycles. The Morgan fingerprint density at radius 2 is 2.14 bits per heavy atom. The quantitative estimate of drug-likeness (QED) is 0.583. The highest BCUT2D eigenvalue weighted by Crippen LogP contribution is 1.91. The Morgan fingerprint density at radius 1 is 1.43 bits per heavy atom. The molecule has 1 amide bonds. The third-order valence-electron chi connectivity index (χ3n) is 1.08. The minimum atomic E-state index is -2.50. The zero-order valence-corrected chi connectivity index (χ0v) is 7.54. The molecule has 0 rings (SSSR count). The summed E-state index contributed by atoms with van der Waals surface area (Å²) in [6.07, 6.45) is -3.21. The van der Waals surface area contributed by atoms with Crippen molar-refractivity contribution in [3.63, 3.8) is 0 Å². The van der Waals surface area contributed by atoms with Crippen LogP contribution in [0.3, 0.4) is 0 Å². The molecule has 0 atom stereocenters. The van der Waals surface area contributed by atoms with Crippen molar-refractivity contribution in [2.75, 3.05) is 33.0 Å². The number of alkyl carbamates (subject to hydrolysis) is 1. The van der Waals surface area contributed by atoms with E-state index in [1.165, 1.54) is 0 Å². The molecule has 0 radical (unpaired) electrons. The van der Waals surface area contributed by atoms with Gasteiger partial charge in [-0.3, -0.25) is 0 Å². The number of hydrogen-bond donors (Lipinski definition) is 2. The first-order valence-corrected chi connectivity index (χ1v) is 4.04. The van der Waals surface area contributed by atoms with Crippen LogP contribution in [0.2, 0.25) is 0 Å². The number of hydrogen-bond acceptors (Lipinski definition) is 4. The number of amides is 1. The van der Waals surface area contributed by atoms with Gasteiger partial charge < -0.3 is 19.9 Å². The Morgan fingerprint density at radius 3 is 2.71 bits per heavy atom. The topological polar surface area (TPSA) is 67.8 Å². The van der Waals surface area contributed by atoms with Crippen molar-refractivity contribution in [2.45, 2.75) is 6.43 Å². The number of alkyl halides is 2. The van der Waals surface area contributed by atoms with E-state index in [9.17, 15) is 13.6 Å². The third-order valence-corrected chi connectivity index (χ3v) is 1.08. The lowest BCUT2D eigenvalue weighted by molar-refractivity contribution is 0.0185. The molecule has 0 unspecified atom stereocenters. The lowest BCUT2D eigenvalue weighted by Crippen LogP contribution is -2.29. The van der Waals surface area contributed by atoms with E-state index in [-0.39, 0.29) is 26.4 Å². The van der Waals surface area contributed by atoms with E-state index in [1.54, 1.807) is 0 Å². The van der Waals surface area contributed by atoms with Crippen molar-refractivity contribution in [1.29, 1.82) is 0 Å². The smallest absolute Gasteiger partial charge is 0.407 e. The molecule has 5 nitrogen and oxygen atoms in total. The van der Waals surface area contributed by atoms with Crippen molar-refractivity contribution in [3.8, 4) is 0 Å². The molecule has 0 spiro atoms. The zero-order chi connectivity index (χ0) is 10.8. The average molecular weight is 213 g/mol. The number of aliphatic hydroxyl groups is 1. The van der Waals surface area contributed by atoms with Gasteiger partial charge in [0, 0.05) is 6.54 Å². The van der Waals surface area contributed by atoms with Gasteiger partial charge in [-0.25, -0.2) is 13.6 Å². The third kappa shape index (κ3) is 9.14. The standard InChI is InChI=1S/C7H13F2NO4/c8-6(9)5-13-3-1-10-7(12)14-4-2-11/h6,11H,1-5H2,(H,10,12). The van der Waals surface area contributed by atoms with Crippen LogP contribution in [-0.4, -0.2) is 50.6 Å². The number of aliphatic hydroxyl groups excluding tert-OH is 1. The number of halogens is 2. The van der Waals surface area contributed by atoms with Gasteiger partial charge in [-0.05, 0) is 0 Å². The second-order valence-corrected chi connectivity index (χ2v) is 2.25. The Hall–Kier alpha value is -0.950. The monoisotopic (exact) mass is 213 g/mol. The van der Waals surface area contributed by atoms with E-state index in [0.29, 0.717) is 0 Å². The molecule has 0 aliphatic rings. The first-order valence-electron chi connectivity index (χ1n) is 4.04. The van der Waals surface area contributed by atoms with Gasteiger partial charge in [0.05, 0.1) is 13.2 Å². The summed E-state index contributed by atoms with van der Waals surface area (Å²) in [4.78, 5) is 10.7. The van der Waals surface area contributed by atoms with E-state index in [1.807, 2.05) is 0 Å². The summed E-state index contributed by atoms with van der Waals surface area (Å²) in [6, 6.07) is 0. The lowest BCUT2D eigenvalue weighted by atomic mass is 10.6. The van der Waals surface area contributed by atoms with Crippen molar-refractivity contribution in [2.24, 2.45) is 0 Å². The lowest BCUT2D eigenvalue weighted by Gasteiger charge is -2.06. The minimum absolute atomic E-state index is 0.00142. The first-order chi connectivity index (χ1) is 6.66. The number of nitrogens with one attached hydrogen (secondary N) is 1. The Kier molecular flexibility index (Phi) is 8.05. The molecule has 0 fully saturated rings. The number of carbonyl (C=O) groups excluding carboxylic acids is 1. The van der Waals surface area contributed by atoms with Gasteiger partial charge in [-0.2, -0.15) is 0 Å². The number of carbonyl (C=O) groups is 1. The maximum Gasteiger partial charge on any atom is 0.407 e. The van der Waals surface area contributed by atoms with Crippen LogP contribution in [0, 0.1) is 0 Å². The highest BCUT2D eigenvalue weighted by atomic mass is 19.3. The van der Waals surface area contributed by atoms with Crippen molar-refractivity contribution in [1.82, 2.24) is 5.32 Å². The van der Waals surface area contributed by atoms with Gasteiger partial charge in [0.15, 0.2) is 0 Å². The van der Waals surface area contributed by atoms with Gasteiger partial charge in [-0.15, -0.1) is 0 Å². The second-order valence-electron chi connectivity index (χ2n) is 2.25. The fourth-order valence-electron chi connectivity index (χ4n) is 0.587. The predicted octanol–water partition coefficient (Wildman–Crippen LogP) is -0.0134. The molecular formula is C7H13F2NO4. The van der Waals surface area contributed by atoms with Gasteiger partial charge in [0.25, 0.3) is 6.43 Å². The summed E-state index contributed by atoms with van der Waals surface area (Å²) in [5.41, 5.74) is 0. The van der Waals surface area contributed by atoms with Crippen LogP contribution in [0.5, 0.6) is 0 Å². The van der Waals surface area contributed by atoms with Crippen LogP contribution in [0.4, 0.5) is 13.6 Å². The maximum absolute atomic E-state index is 11.5. The fraction of sp³-hybridized carbons (Fsp3) is 0.857. The van der Waals surface area contributed by atoms with Gasteiger partial charge in [0.2, 0.25) is 0 Å². The van der Waals surface area contributed by atoms with Crippen LogP contribution < -0.4 is 5.32 Å². The molecule has 0 aromatic heterocycles. The van der Waals surface area contributed by atoms with Crippen LogP contribution in [0.25, 0.3) is 0 Å². The predicted molar refractivity (Wildman–Crippen MR) is 43.3 cm³/mol. The minimum Gasteiger partial charge on any atom is -0.447 e. The van der Waals surface area contributed by atoms with Crippen LogP contribution >= 0.6 is 0 Å². The van der Waals surface area contributed by atoms with E-state index >= 15 is 0 Å². The largest absolute Gasteiger partial charge is 0.447 e. The maximum atomic E-state index is 11.5. The fourth-order valence-corrected chi connectivity index (χ4v) is 0.587. The second kappa shape index (κ2) is 8.64. The highest BCUT2D eigenvalue weighted by molar-refractivity contribution is 5.66. The molecule has 7 heteroatoms. The summed E-state index contributed by atoms with van der Waals surface area (Å²) in [7, 11) is 0. The number of ether oxygens (including phenoxy) is 2. The summed E-state index contributed by atoms with van der Waals surface area (Å²) in [6.45, 7) is -0.901. The Balaban J connectivity index is 3.15.